The second-order valence-corrected chi connectivity index (χ2v) is 10.8. The van der Waals surface area contributed by atoms with Gasteiger partial charge in [0.1, 0.15) is 6.04 Å². The minimum atomic E-state index is -0.274. The Bertz CT molecular complexity index is 1100. The number of likely N-dealkylation sites (N-methyl/N-ethyl adjacent to an activating group) is 1. The molecule has 2 N–H and O–H groups in total. The van der Waals surface area contributed by atoms with Gasteiger partial charge >= 0.3 is 0 Å². The summed E-state index contributed by atoms with van der Waals surface area (Å²) in [5, 5.41) is 11.1. The maximum atomic E-state index is 14.3. The quantitative estimate of drug-likeness (QED) is 0.610. The molecule has 2 aromatic rings. The molecule has 1 atom stereocenters. The van der Waals surface area contributed by atoms with Gasteiger partial charge in [-0.15, -0.1) is 0 Å². The fourth-order valence-corrected chi connectivity index (χ4v) is 6.66. The zero-order valence-electron chi connectivity index (χ0n) is 22.4. The van der Waals surface area contributed by atoms with Crippen LogP contribution >= 0.6 is 0 Å². The smallest absolute Gasteiger partial charge is 0.274 e. The third-order valence-corrected chi connectivity index (χ3v) is 8.74. The molecule has 8 heteroatoms. The molecule has 3 heterocycles. The summed E-state index contributed by atoms with van der Waals surface area (Å²) in [6.07, 6.45) is 10.1. The van der Waals surface area contributed by atoms with Crippen LogP contribution in [-0.4, -0.2) is 71.2 Å². The minimum Gasteiger partial charge on any atom is -0.383 e. The number of anilines is 1. The summed E-state index contributed by atoms with van der Waals surface area (Å²) >= 11 is 0. The van der Waals surface area contributed by atoms with Gasteiger partial charge in [0.2, 0.25) is 5.91 Å². The van der Waals surface area contributed by atoms with Gasteiger partial charge in [0.05, 0.1) is 6.61 Å². The second kappa shape index (κ2) is 11.3. The third-order valence-electron chi connectivity index (χ3n) is 8.74. The molecule has 37 heavy (non-hydrogen) atoms. The summed E-state index contributed by atoms with van der Waals surface area (Å²) in [4.78, 5) is 31.3. The molecule has 1 spiro atoms. The molecule has 5 rings (SSSR count). The number of benzene rings is 1. The highest BCUT2D eigenvalue weighted by molar-refractivity contribution is 5.95. The number of carbonyl (C=O) groups excluding carboxylic acids is 2. The Morgan fingerprint density at radius 3 is 2.59 bits per heavy atom. The number of fused-ring (bicyclic) bond motifs is 3. The van der Waals surface area contributed by atoms with E-state index in [0.717, 1.165) is 42.6 Å². The van der Waals surface area contributed by atoms with Crippen LogP contribution in [0.3, 0.4) is 0 Å². The predicted octanol–water partition coefficient (Wildman–Crippen LogP) is 4.27. The number of hydrogen-bond acceptors (Lipinski definition) is 5. The molecular weight excluding hydrogens is 466 g/mol. The first-order valence-corrected chi connectivity index (χ1v) is 14.1. The fraction of sp³-hybridized carbons (Fsp3) is 0.621. The summed E-state index contributed by atoms with van der Waals surface area (Å²) in [7, 11) is 1.64. The number of methoxy groups -OCH3 is 1. The maximum absolute atomic E-state index is 14.3. The zero-order chi connectivity index (χ0) is 25.8. The van der Waals surface area contributed by atoms with E-state index in [0.29, 0.717) is 44.9 Å². The number of carbonyl (C=O) groups is 2. The highest BCUT2D eigenvalue weighted by Crippen LogP contribution is 2.49. The molecule has 200 valence electrons. The summed E-state index contributed by atoms with van der Waals surface area (Å²) in [6, 6.07) is 8.25. The molecule has 8 nitrogen and oxygen atoms in total. The van der Waals surface area contributed by atoms with Crippen LogP contribution in [-0.2, 0) is 27.9 Å². The van der Waals surface area contributed by atoms with Crippen molar-refractivity contribution in [2.75, 3.05) is 38.7 Å². The van der Waals surface area contributed by atoms with Crippen LogP contribution in [0.25, 0.3) is 0 Å². The van der Waals surface area contributed by atoms with Crippen molar-refractivity contribution < 1.29 is 14.3 Å². The van der Waals surface area contributed by atoms with Crippen molar-refractivity contribution in [3.63, 3.8) is 0 Å². The standard InChI is InChI=1S/C29H41N5O3/c1-3-33(18-19-37-2)27(35)25-21-20-34(17-14-23(21)31-32-25)28(36)26-29(15-10-6-4-5-7-11-16-29)22-12-8-9-13-24(22)30-26/h8-9,12-13,26,30H,3-7,10-11,14-20H2,1-2H3,(H,31,32). The van der Waals surface area contributed by atoms with E-state index in [4.69, 9.17) is 4.74 Å². The summed E-state index contributed by atoms with van der Waals surface area (Å²) in [5.74, 6) is 0.0397. The van der Waals surface area contributed by atoms with Gasteiger partial charge in [-0.25, -0.2) is 0 Å². The van der Waals surface area contributed by atoms with E-state index in [1.807, 2.05) is 11.8 Å². The van der Waals surface area contributed by atoms with Gasteiger partial charge in [-0.3, -0.25) is 14.7 Å². The maximum Gasteiger partial charge on any atom is 0.274 e. The van der Waals surface area contributed by atoms with Gasteiger partial charge in [-0.1, -0.05) is 56.7 Å². The van der Waals surface area contributed by atoms with Gasteiger partial charge in [0.25, 0.3) is 5.91 Å². The number of para-hydroxylation sites is 1. The number of ether oxygens (including phenoxy) is 1. The summed E-state index contributed by atoms with van der Waals surface area (Å²) in [6.45, 7) is 4.59. The molecule has 1 aromatic carbocycles. The van der Waals surface area contributed by atoms with Crippen LogP contribution in [0.4, 0.5) is 5.69 Å². The van der Waals surface area contributed by atoms with Crippen LogP contribution in [0.15, 0.2) is 24.3 Å². The van der Waals surface area contributed by atoms with Crippen LogP contribution in [0.5, 0.6) is 0 Å². The average Bonchev–Trinajstić information content (AvgIpc) is 3.52. The molecular formula is C29H41N5O3. The molecule has 1 fully saturated rings. The number of rotatable bonds is 6. The normalized spacial score (nSPS) is 20.8. The molecule has 1 aliphatic carbocycles. The first kappa shape index (κ1) is 25.8. The lowest BCUT2D eigenvalue weighted by Crippen LogP contribution is -2.52. The zero-order valence-corrected chi connectivity index (χ0v) is 22.4. The predicted molar refractivity (Wildman–Crippen MR) is 144 cm³/mol. The number of aromatic nitrogens is 2. The van der Waals surface area contributed by atoms with Crippen molar-refractivity contribution in [1.29, 1.82) is 0 Å². The minimum absolute atomic E-state index is 0.106. The average molecular weight is 508 g/mol. The number of nitrogens with one attached hydrogen (secondary N) is 2. The topological polar surface area (TPSA) is 90.6 Å². The van der Waals surface area contributed by atoms with E-state index in [1.54, 1.807) is 12.0 Å². The Balaban J connectivity index is 1.40. The first-order valence-electron chi connectivity index (χ1n) is 14.1. The second-order valence-electron chi connectivity index (χ2n) is 10.8. The number of aromatic amines is 1. The Morgan fingerprint density at radius 1 is 1.14 bits per heavy atom. The highest BCUT2D eigenvalue weighted by atomic mass is 16.5. The first-order chi connectivity index (χ1) is 18.1. The highest BCUT2D eigenvalue weighted by Gasteiger charge is 2.50. The lowest BCUT2D eigenvalue weighted by molar-refractivity contribution is -0.134. The summed E-state index contributed by atoms with van der Waals surface area (Å²) in [5.41, 5.74) is 4.50. The molecule has 1 unspecified atom stereocenters. The van der Waals surface area contributed by atoms with Crippen LogP contribution < -0.4 is 5.32 Å². The van der Waals surface area contributed by atoms with E-state index >= 15 is 0 Å². The lowest BCUT2D eigenvalue weighted by Gasteiger charge is -2.39. The van der Waals surface area contributed by atoms with Crippen LogP contribution in [0.2, 0.25) is 0 Å². The molecule has 2 amide bonds. The molecule has 2 aliphatic heterocycles. The Labute approximate surface area is 220 Å². The third kappa shape index (κ3) is 4.88. The molecule has 0 radical (unpaired) electrons. The van der Waals surface area contributed by atoms with Gasteiger partial charge < -0.3 is 19.9 Å². The van der Waals surface area contributed by atoms with E-state index in [-0.39, 0.29) is 23.3 Å². The number of hydrogen-bond donors (Lipinski definition) is 2. The van der Waals surface area contributed by atoms with Crippen molar-refractivity contribution in [1.82, 2.24) is 20.0 Å². The van der Waals surface area contributed by atoms with Crippen molar-refractivity contribution >= 4 is 17.5 Å². The summed E-state index contributed by atoms with van der Waals surface area (Å²) < 4.78 is 5.18. The molecule has 1 saturated carbocycles. The SMILES string of the molecule is CCN(CCOC)C(=O)c1n[nH]c2c1CN(C(=O)C1Nc3ccccc3C13CCCCCCCC3)CC2. The van der Waals surface area contributed by atoms with Gasteiger partial charge in [0, 0.05) is 62.1 Å². The largest absolute Gasteiger partial charge is 0.383 e. The Hall–Kier alpha value is -2.87. The van der Waals surface area contributed by atoms with E-state index < -0.39 is 0 Å². The van der Waals surface area contributed by atoms with Gasteiger partial charge in [0.15, 0.2) is 5.69 Å². The Morgan fingerprint density at radius 2 is 1.86 bits per heavy atom. The number of amides is 2. The molecule has 3 aliphatic rings. The molecule has 1 aromatic heterocycles. The van der Waals surface area contributed by atoms with Crippen molar-refractivity contribution in [3.8, 4) is 0 Å². The van der Waals surface area contributed by atoms with Crippen LogP contribution in [0.1, 0.15) is 85.6 Å². The molecule has 0 bridgehead atoms. The van der Waals surface area contributed by atoms with Crippen LogP contribution in [0, 0.1) is 0 Å². The monoisotopic (exact) mass is 507 g/mol. The van der Waals surface area contributed by atoms with Crippen molar-refractivity contribution in [3.05, 3.63) is 46.8 Å². The number of nitrogens with zero attached hydrogens (tertiary/aromatic N) is 3. The van der Waals surface area contributed by atoms with Crippen molar-refractivity contribution in [2.45, 2.75) is 82.7 Å². The molecule has 0 saturated heterocycles. The van der Waals surface area contributed by atoms with E-state index in [1.165, 1.54) is 31.2 Å². The van der Waals surface area contributed by atoms with Gasteiger partial charge in [-0.05, 0) is 31.4 Å². The van der Waals surface area contributed by atoms with Crippen molar-refractivity contribution in [2.24, 2.45) is 0 Å². The Kier molecular flexibility index (Phi) is 7.84. The lowest BCUT2D eigenvalue weighted by atomic mass is 9.69. The fourth-order valence-electron chi connectivity index (χ4n) is 6.66. The van der Waals surface area contributed by atoms with Gasteiger partial charge in [-0.2, -0.15) is 5.10 Å². The number of H-pyrrole nitrogens is 1. The van der Waals surface area contributed by atoms with E-state index in [2.05, 4.69) is 39.8 Å². The van der Waals surface area contributed by atoms with E-state index in [9.17, 15) is 9.59 Å².